The van der Waals surface area contributed by atoms with Gasteiger partial charge in [-0.15, -0.1) is 0 Å². The Hall–Kier alpha value is -2.21. The van der Waals surface area contributed by atoms with Crippen LogP contribution < -0.4 is 5.73 Å². The zero-order chi connectivity index (χ0) is 18.1. The lowest BCUT2D eigenvalue weighted by molar-refractivity contribution is -0.139. The normalized spacial score (nSPS) is 20.0. The van der Waals surface area contributed by atoms with Crippen molar-refractivity contribution in [2.75, 3.05) is 7.05 Å². The van der Waals surface area contributed by atoms with Crippen LogP contribution in [0.3, 0.4) is 0 Å². The second kappa shape index (κ2) is 6.96. The number of halogens is 2. The topological polar surface area (TPSA) is 63.4 Å². The number of likely N-dealkylation sites (N-methyl/N-ethyl adjacent to an activating group) is 1. The number of nitrogens with zero attached hydrogens (tertiary/aromatic N) is 1. The van der Waals surface area contributed by atoms with E-state index in [-0.39, 0.29) is 17.7 Å². The standard InChI is InChI=1S/C19H18BrFN2O2/c1-23(17(18(22)24)12-3-2-4-14(21)9-12)19(25)16-10-15(16)11-5-7-13(20)8-6-11/h2-9,15-17H,10H2,1H3,(H2,22,24). The van der Waals surface area contributed by atoms with Crippen molar-refractivity contribution in [3.8, 4) is 0 Å². The van der Waals surface area contributed by atoms with Crippen LogP contribution in [-0.2, 0) is 9.59 Å². The molecule has 0 aliphatic heterocycles. The van der Waals surface area contributed by atoms with Crippen LogP contribution in [0.25, 0.3) is 0 Å². The van der Waals surface area contributed by atoms with E-state index >= 15 is 0 Å². The smallest absolute Gasteiger partial charge is 0.244 e. The number of amides is 2. The second-order valence-corrected chi connectivity index (χ2v) is 7.22. The number of hydrogen-bond acceptors (Lipinski definition) is 2. The number of carbonyl (C=O) groups is 2. The molecule has 0 bridgehead atoms. The van der Waals surface area contributed by atoms with E-state index in [1.54, 1.807) is 13.1 Å². The minimum Gasteiger partial charge on any atom is -0.368 e. The molecule has 0 saturated heterocycles. The average molecular weight is 405 g/mol. The van der Waals surface area contributed by atoms with E-state index < -0.39 is 17.8 Å². The number of nitrogens with two attached hydrogens (primary N) is 1. The fourth-order valence-corrected chi connectivity index (χ4v) is 3.45. The predicted octanol–water partition coefficient (Wildman–Crippen LogP) is 3.38. The molecule has 3 unspecified atom stereocenters. The molecule has 2 aromatic rings. The fourth-order valence-electron chi connectivity index (χ4n) is 3.19. The molecule has 2 amide bonds. The molecule has 130 valence electrons. The van der Waals surface area contributed by atoms with Gasteiger partial charge in [0.25, 0.3) is 0 Å². The van der Waals surface area contributed by atoms with Gasteiger partial charge in [-0.1, -0.05) is 40.2 Å². The Morgan fingerprint density at radius 2 is 1.92 bits per heavy atom. The molecule has 6 heteroatoms. The molecule has 25 heavy (non-hydrogen) atoms. The third-order valence-corrected chi connectivity index (χ3v) is 5.10. The third kappa shape index (κ3) is 3.74. The van der Waals surface area contributed by atoms with Gasteiger partial charge in [-0.3, -0.25) is 9.59 Å². The van der Waals surface area contributed by atoms with Crippen molar-refractivity contribution in [1.82, 2.24) is 4.90 Å². The SMILES string of the molecule is CN(C(=O)C1CC1c1ccc(Br)cc1)C(C(N)=O)c1cccc(F)c1. The summed E-state index contributed by atoms with van der Waals surface area (Å²) in [6.45, 7) is 0. The first-order valence-corrected chi connectivity index (χ1v) is 8.74. The minimum absolute atomic E-state index is 0.143. The van der Waals surface area contributed by atoms with Crippen molar-refractivity contribution >= 4 is 27.7 Å². The third-order valence-electron chi connectivity index (χ3n) is 4.57. The van der Waals surface area contributed by atoms with Crippen molar-refractivity contribution in [2.24, 2.45) is 11.7 Å². The molecule has 0 spiro atoms. The molecule has 0 radical (unpaired) electrons. The molecule has 3 atom stereocenters. The van der Waals surface area contributed by atoms with Crippen molar-refractivity contribution in [3.63, 3.8) is 0 Å². The van der Waals surface area contributed by atoms with E-state index in [2.05, 4.69) is 15.9 Å². The van der Waals surface area contributed by atoms with Crippen molar-refractivity contribution in [2.45, 2.75) is 18.4 Å². The lowest BCUT2D eigenvalue weighted by Crippen LogP contribution is -2.40. The van der Waals surface area contributed by atoms with Gasteiger partial charge in [0.1, 0.15) is 11.9 Å². The summed E-state index contributed by atoms with van der Waals surface area (Å²) in [5, 5.41) is 0. The highest BCUT2D eigenvalue weighted by atomic mass is 79.9. The Morgan fingerprint density at radius 1 is 1.24 bits per heavy atom. The number of carbonyl (C=O) groups excluding carboxylic acids is 2. The number of rotatable bonds is 5. The number of hydrogen-bond donors (Lipinski definition) is 1. The molecule has 4 nitrogen and oxygen atoms in total. The van der Waals surface area contributed by atoms with Gasteiger partial charge in [-0.25, -0.2) is 4.39 Å². The Balaban J connectivity index is 1.77. The molecule has 0 heterocycles. The van der Waals surface area contributed by atoms with Crippen LogP contribution in [0.5, 0.6) is 0 Å². The molecular formula is C19H18BrFN2O2. The first-order chi connectivity index (χ1) is 11.9. The van der Waals surface area contributed by atoms with Gasteiger partial charge in [-0.05, 0) is 47.7 Å². The van der Waals surface area contributed by atoms with Crippen LogP contribution in [-0.4, -0.2) is 23.8 Å². The maximum atomic E-state index is 13.5. The zero-order valence-electron chi connectivity index (χ0n) is 13.7. The monoisotopic (exact) mass is 404 g/mol. The molecular weight excluding hydrogens is 387 g/mol. The van der Waals surface area contributed by atoms with E-state index in [1.165, 1.54) is 23.1 Å². The largest absolute Gasteiger partial charge is 0.368 e. The fraction of sp³-hybridized carbons (Fsp3) is 0.263. The molecule has 2 N–H and O–H groups in total. The van der Waals surface area contributed by atoms with E-state index in [4.69, 9.17) is 5.73 Å². The van der Waals surface area contributed by atoms with Gasteiger partial charge < -0.3 is 10.6 Å². The summed E-state index contributed by atoms with van der Waals surface area (Å²) in [6.07, 6.45) is 0.736. The summed E-state index contributed by atoms with van der Waals surface area (Å²) >= 11 is 3.39. The summed E-state index contributed by atoms with van der Waals surface area (Å²) in [6, 6.07) is 12.5. The van der Waals surface area contributed by atoms with E-state index in [1.807, 2.05) is 24.3 Å². The Kier molecular flexibility index (Phi) is 4.90. The summed E-state index contributed by atoms with van der Waals surface area (Å²) < 4.78 is 14.5. The van der Waals surface area contributed by atoms with E-state index in [0.717, 1.165) is 16.5 Å². The first kappa shape index (κ1) is 17.6. The van der Waals surface area contributed by atoms with Gasteiger partial charge in [0, 0.05) is 17.4 Å². The Morgan fingerprint density at radius 3 is 2.52 bits per heavy atom. The predicted molar refractivity (Wildman–Crippen MR) is 96.1 cm³/mol. The average Bonchev–Trinajstić information content (AvgIpc) is 3.35. The molecule has 3 rings (SSSR count). The maximum absolute atomic E-state index is 13.5. The van der Waals surface area contributed by atoms with E-state index in [9.17, 15) is 14.0 Å². The van der Waals surface area contributed by atoms with Crippen LogP contribution in [0.2, 0.25) is 0 Å². The second-order valence-electron chi connectivity index (χ2n) is 6.31. The van der Waals surface area contributed by atoms with Gasteiger partial charge >= 0.3 is 0 Å². The molecule has 1 fully saturated rings. The number of primary amides is 1. The lowest BCUT2D eigenvalue weighted by Gasteiger charge is -2.26. The molecule has 1 saturated carbocycles. The maximum Gasteiger partial charge on any atom is 0.244 e. The molecule has 2 aromatic carbocycles. The van der Waals surface area contributed by atoms with E-state index in [0.29, 0.717) is 5.56 Å². The van der Waals surface area contributed by atoms with Crippen molar-refractivity contribution in [1.29, 1.82) is 0 Å². The minimum atomic E-state index is -0.977. The zero-order valence-corrected chi connectivity index (χ0v) is 15.2. The highest BCUT2D eigenvalue weighted by Gasteiger charge is 2.46. The highest BCUT2D eigenvalue weighted by Crippen LogP contribution is 2.49. The van der Waals surface area contributed by atoms with Crippen molar-refractivity contribution in [3.05, 3.63) is 69.9 Å². The summed E-state index contributed by atoms with van der Waals surface area (Å²) in [5.41, 5.74) is 6.95. The van der Waals surface area contributed by atoms with Gasteiger partial charge in [-0.2, -0.15) is 0 Å². The molecule has 0 aromatic heterocycles. The van der Waals surface area contributed by atoms with Crippen molar-refractivity contribution < 1.29 is 14.0 Å². The molecule has 1 aliphatic rings. The Bertz CT molecular complexity index is 809. The quantitative estimate of drug-likeness (QED) is 0.829. The van der Waals surface area contributed by atoms with Crippen LogP contribution in [0.1, 0.15) is 29.5 Å². The highest BCUT2D eigenvalue weighted by molar-refractivity contribution is 9.10. The molecule has 1 aliphatic carbocycles. The van der Waals surface area contributed by atoms with Gasteiger partial charge in [0.15, 0.2) is 0 Å². The first-order valence-electron chi connectivity index (χ1n) is 7.95. The summed E-state index contributed by atoms with van der Waals surface area (Å²) in [7, 11) is 1.54. The van der Waals surface area contributed by atoms with Crippen LogP contribution >= 0.6 is 15.9 Å². The van der Waals surface area contributed by atoms with Gasteiger partial charge in [0.2, 0.25) is 11.8 Å². The van der Waals surface area contributed by atoms with Crippen LogP contribution in [0.4, 0.5) is 4.39 Å². The van der Waals surface area contributed by atoms with Gasteiger partial charge in [0.05, 0.1) is 0 Å². The van der Waals surface area contributed by atoms with Crippen LogP contribution in [0.15, 0.2) is 53.0 Å². The lowest BCUT2D eigenvalue weighted by atomic mass is 10.0. The summed E-state index contributed by atoms with van der Waals surface area (Å²) in [5.74, 6) is -1.34. The number of benzene rings is 2. The Labute approximate surface area is 153 Å². The summed E-state index contributed by atoms with van der Waals surface area (Å²) in [4.78, 5) is 26.0. The van der Waals surface area contributed by atoms with Crippen LogP contribution in [0, 0.1) is 11.7 Å².